The number of unbranched alkanes of at least 4 members (excludes halogenated alkanes) is 2. The van der Waals surface area contributed by atoms with Gasteiger partial charge in [0.2, 0.25) is 0 Å². The molecule has 2 aromatic heterocycles. The highest BCUT2D eigenvalue weighted by Gasteiger charge is 2.21. The number of nitrogens with two attached hydrogens (primary N) is 2. The number of nitrogen functional groups attached to an aromatic ring is 2. The molecule has 0 aliphatic rings. The highest BCUT2D eigenvalue weighted by Crippen LogP contribution is 2.39. The lowest BCUT2D eigenvalue weighted by Gasteiger charge is -2.13. The fraction of sp³-hybridized carbons (Fsp3) is 0.211. The zero-order valence-electron chi connectivity index (χ0n) is 24.7. The summed E-state index contributed by atoms with van der Waals surface area (Å²) in [6, 6.07) is 39.1. The van der Waals surface area contributed by atoms with Gasteiger partial charge >= 0.3 is 0 Å². The molecule has 42 heavy (non-hydrogen) atoms. The summed E-state index contributed by atoms with van der Waals surface area (Å²) in [5, 5.41) is 0. The Morgan fingerprint density at radius 1 is 0.476 bits per heavy atom. The van der Waals surface area contributed by atoms with E-state index in [1.54, 1.807) is 0 Å². The summed E-state index contributed by atoms with van der Waals surface area (Å²) >= 11 is 0. The molecule has 6 aromatic rings. The highest BCUT2D eigenvalue weighted by molar-refractivity contribution is 5.94. The van der Waals surface area contributed by atoms with Crippen LogP contribution >= 0.6 is 0 Å². The predicted molar refractivity (Wildman–Crippen MR) is 180 cm³/mol. The molecule has 0 saturated carbocycles. The number of benzene rings is 4. The molecular formula is C38H40N4. The number of hydrogen-bond donors (Lipinski definition) is 2. The summed E-state index contributed by atoms with van der Waals surface area (Å²) in [5.74, 6) is 0. The summed E-state index contributed by atoms with van der Waals surface area (Å²) in [5.41, 5.74) is 25.6. The largest absolute Gasteiger partial charge is 0.399 e. The van der Waals surface area contributed by atoms with Crippen LogP contribution in [0.1, 0.15) is 50.7 Å². The van der Waals surface area contributed by atoms with Gasteiger partial charge in [-0.25, -0.2) is 0 Å². The SMILES string of the molecule is CCCCc1ccc(-n2c(-c3ccc(N)cc3)cc3c2cc(-c2ccc(N)cc2)n3-c2ccc(CCCC)cc2)cc1. The van der Waals surface area contributed by atoms with E-state index in [4.69, 9.17) is 11.5 Å². The van der Waals surface area contributed by atoms with Crippen molar-refractivity contribution in [3.63, 3.8) is 0 Å². The van der Waals surface area contributed by atoms with E-state index in [9.17, 15) is 0 Å². The van der Waals surface area contributed by atoms with Crippen LogP contribution in [0.2, 0.25) is 0 Å². The van der Waals surface area contributed by atoms with Crippen LogP contribution in [0.4, 0.5) is 11.4 Å². The van der Waals surface area contributed by atoms with E-state index in [1.165, 1.54) is 36.8 Å². The molecule has 2 heterocycles. The molecule has 0 aliphatic carbocycles. The Hall–Kier alpha value is -4.70. The molecule has 0 amide bonds. The first-order chi connectivity index (χ1) is 20.6. The number of aromatic nitrogens is 2. The van der Waals surface area contributed by atoms with Crippen LogP contribution in [0, 0.1) is 0 Å². The Bertz CT molecular complexity index is 1630. The molecule has 0 spiro atoms. The van der Waals surface area contributed by atoms with Gasteiger partial charge in [0.05, 0.1) is 22.4 Å². The van der Waals surface area contributed by atoms with Crippen LogP contribution in [0.25, 0.3) is 44.9 Å². The maximum Gasteiger partial charge on any atom is 0.0724 e. The Labute approximate surface area is 249 Å². The second-order valence-electron chi connectivity index (χ2n) is 11.3. The Balaban J connectivity index is 1.58. The van der Waals surface area contributed by atoms with Gasteiger partial charge in [-0.15, -0.1) is 0 Å². The van der Waals surface area contributed by atoms with Crippen molar-refractivity contribution in [3.05, 3.63) is 120 Å². The van der Waals surface area contributed by atoms with Gasteiger partial charge in [0, 0.05) is 22.7 Å². The Morgan fingerprint density at radius 3 is 1.17 bits per heavy atom. The normalized spacial score (nSPS) is 11.4. The molecule has 0 saturated heterocycles. The van der Waals surface area contributed by atoms with Gasteiger partial charge in [0.25, 0.3) is 0 Å². The molecule has 0 bridgehead atoms. The minimum atomic E-state index is 0.764. The van der Waals surface area contributed by atoms with Crippen LogP contribution in [-0.2, 0) is 12.8 Å². The minimum Gasteiger partial charge on any atom is -0.399 e. The first kappa shape index (κ1) is 27.5. The van der Waals surface area contributed by atoms with Crippen LogP contribution in [0.15, 0.2) is 109 Å². The number of anilines is 2. The minimum absolute atomic E-state index is 0.764. The van der Waals surface area contributed by atoms with Crippen molar-refractivity contribution in [1.82, 2.24) is 9.13 Å². The number of rotatable bonds is 10. The second kappa shape index (κ2) is 12.0. The lowest BCUT2D eigenvalue weighted by molar-refractivity contribution is 0.795. The lowest BCUT2D eigenvalue weighted by atomic mass is 10.1. The van der Waals surface area contributed by atoms with E-state index >= 15 is 0 Å². The third-order valence-corrected chi connectivity index (χ3v) is 8.21. The summed E-state index contributed by atoms with van der Waals surface area (Å²) in [6.45, 7) is 4.48. The topological polar surface area (TPSA) is 61.9 Å². The molecule has 0 atom stereocenters. The molecule has 4 aromatic carbocycles. The predicted octanol–water partition coefficient (Wildman–Crippen LogP) is 9.60. The zero-order chi connectivity index (χ0) is 29.1. The van der Waals surface area contributed by atoms with E-state index in [-0.39, 0.29) is 0 Å². The van der Waals surface area contributed by atoms with Gasteiger partial charge in [-0.2, -0.15) is 0 Å². The summed E-state index contributed by atoms with van der Waals surface area (Å²) in [6.07, 6.45) is 7.01. The molecule has 0 fully saturated rings. The zero-order valence-corrected chi connectivity index (χ0v) is 24.7. The van der Waals surface area contributed by atoms with Gasteiger partial charge in [-0.05, 0) is 109 Å². The lowest BCUT2D eigenvalue weighted by Crippen LogP contribution is -1.98. The van der Waals surface area contributed by atoms with Gasteiger partial charge in [0.1, 0.15) is 0 Å². The molecule has 6 rings (SSSR count). The van der Waals surface area contributed by atoms with E-state index in [0.717, 1.165) is 69.1 Å². The smallest absolute Gasteiger partial charge is 0.0724 e. The van der Waals surface area contributed by atoms with E-state index in [2.05, 4.69) is 108 Å². The molecule has 4 N–H and O–H groups in total. The molecule has 212 valence electrons. The van der Waals surface area contributed by atoms with Crippen molar-refractivity contribution >= 4 is 22.4 Å². The first-order valence-corrected chi connectivity index (χ1v) is 15.2. The fourth-order valence-electron chi connectivity index (χ4n) is 5.83. The maximum atomic E-state index is 6.08. The van der Waals surface area contributed by atoms with Crippen molar-refractivity contribution in [1.29, 1.82) is 0 Å². The molecule has 0 aliphatic heterocycles. The van der Waals surface area contributed by atoms with Gasteiger partial charge < -0.3 is 20.6 Å². The number of nitrogens with zero attached hydrogens (tertiary/aromatic N) is 2. The number of aryl methyl sites for hydroxylation is 2. The van der Waals surface area contributed by atoms with Crippen LogP contribution in [-0.4, -0.2) is 9.13 Å². The summed E-state index contributed by atoms with van der Waals surface area (Å²) in [4.78, 5) is 0. The van der Waals surface area contributed by atoms with Gasteiger partial charge in [0.15, 0.2) is 0 Å². The van der Waals surface area contributed by atoms with Crippen molar-refractivity contribution in [3.8, 4) is 33.9 Å². The number of fused-ring (bicyclic) bond motifs is 1. The fourth-order valence-corrected chi connectivity index (χ4v) is 5.83. The van der Waals surface area contributed by atoms with Crippen LogP contribution in [0.3, 0.4) is 0 Å². The van der Waals surface area contributed by atoms with Crippen LogP contribution in [0.5, 0.6) is 0 Å². The van der Waals surface area contributed by atoms with Crippen molar-refractivity contribution in [2.45, 2.75) is 52.4 Å². The average Bonchev–Trinajstić information content (AvgIpc) is 3.57. The third-order valence-electron chi connectivity index (χ3n) is 8.21. The molecule has 0 radical (unpaired) electrons. The molecule has 0 unspecified atom stereocenters. The van der Waals surface area contributed by atoms with Crippen molar-refractivity contribution in [2.24, 2.45) is 0 Å². The monoisotopic (exact) mass is 552 g/mol. The van der Waals surface area contributed by atoms with E-state index in [0.29, 0.717) is 0 Å². The standard InChI is InChI=1S/C38H40N4/c1-3-5-7-27-9-21-33(22-10-27)41-35(29-13-17-31(39)18-14-29)25-38-37(41)26-36(30-15-19-32(40)20-16-30)42(38)34-23-11-28(12-24-34)8-6-4-2/h9-26H,3-8,39-40H2,1-2H3. The summed E-state index contributed by atoms with van der Waals surface area (Å²) in [7, 11) is 0. The van der Waals surface area contributed by atoms with E-state index < -0.39 is 0 Å². The van der Waals surface area contributed by atoms with Gasteiger partial charge in [-0.1, -0.05) is 75.2 Å². The molecular weight excluding hydrogens is 512 g/mol. The first-order valence-electron chi connectivity index (χ1n) is 15.2. The van der Waals surface area contributed by atoms with Crippen molar-refractivity contribution in [2.75, 3.05) is 11.5 Å². The summed E-state index contributed by atoms with van der Waals surface area (Å²) < 4.78 is 4.77. The Kier molecular flexibility index (Phi) is 7.87. The second-order valence-corrected chi connectivity index (χ2v) is 11.3. The average molecular weight is 553 g/mol. The highest BCUT2D eigenvalue weighted by atomic mass is 15.1. The quantitative estimate of drug-likeness (QED) is 0.166. The van der Waals surface area contributed by atoms with E-state index in [1.807, 2.05) is 24.3 Å². The van der Waals surface area contributed by atoms with Crippen LogP contribution < -0.4 is 11.5 Å². The molecule has 4 heteroatoms. The third kappa shape index (κ3) is 5.45. The number of hydrogen-bond acceptors (Lipinski definition) is 2. The molecule has 4 nitrogen and oxygen atoms in total. The van der Waals surface area contributed by atoms with Gasteiger partial charge in [-0.3, -0.25) is 0 Å². The Morgan fingerprint density at radius 2 is 0.833 bits per heavy atom. The van der Waals surface area contributed by atoms with Crippen molar-refractivity contribution < 1.29 is 0 Å². The maximum absolute atomic E-state index is 6.08.